The van der Waals surface area contributed by atoms with Gasteiger partial charge < -0.3 is 10.2 Å². The lowest BCUT2D eigenvalue weighted by atomic mass is 10.0. The summed E-state index contributed by atoms with van der Waals surface area (Å²) in [6.45, 7) is 0. The second kappa shape index (κ2) is 10.1. The minimum absolute atomic E-state index is 1.05. The Labute approximate surface area is 232 Å². The lowest BCUT2D eigenvalue weighted by Crippen LogP contribution is -2.10. The molecule has 0 atom stereocenters. The van der Waals surface area contributed by atoms with Gasteiger partial charge in [-0.25, -0.2) is 0 Å². The normalized spacial score (nSPS) is 11.1. The average Bonchev–Trinajstić information content (AvgIpc) is 3.37. The van der Waals surface area contributed by atoms with E-state index in [2.05, 4.69) is 162 Å². The van der Waals surface area contributed by atoms with Crippen LogP contribution in [0.2, 0.25) is 0 Å². The highest BCUT2D eigenvalue weighted by Gasteiger charge is 2.14. The zero-order valence-electron chi connectivity index (χ0n) is 21.3. The molecule has 0 aliphatic heterocycles. The number of hydrogen-bond donors (Lipinski definition) is 1. The summed E-state index contributed by atoms with van der Waals surface area (Å²) in [5.74, 6) is 0. The van der Waals surface area contributed by atoms with Crippen LogP contribution < -0.4 is 10.2 Å². The molecule has 0 aliphatic carbocycles. The van der Waals surface area contributed by atoms with E-state index in [1.807, 2.05) is 11.3 Å². The van der Waals surface area contributed by atoms with Crippen LogP contribution in [0.1, 0.15) is 0 Å². The molecule has 2 nitrogen and oxygen atoms in total. The van der Waals surface area contributed by atoms with Crippen molar-refractivity contribution < 1.29 is 0 Å². The van der Waals surface area contributed by atoms with E-state index in [0.717, 1.165) is 28.4 Å². The molecule has 0 spiro atoms. The van der Waals surface area contributed by atoms with Crippen molar-refractivity contribution in [2.75, 3.05) is 10.2 Å². The summed E-state index contributed by atoms with van der Waals surface area (Å²) in [6.07, 6.45) is 0. The second-order valence-electron chi connectivity index (χ2n) is 9.57. The highest BCUT2D eigenvalue weighted by molar-refractivity contribution is 7.25. The van der Waals surface area contributed by atoms with Gasteiger partial charge in [0.05, 0.1) is 0 Å². The van der Waals surface area contributed by atoms with Crippen LogP contribution in [0.25, 0.3) is 31.3 Å². The van der Waals surface area contributed by atoms with E-state index in [9.17, 15) is 0 Å². The average molecular weight is 519 g/mol. The van der Waals surface area contributed by atoms with Crippen LogP contribution in [0, 0.1) is 0 Å². The van der Waals surface area contributed by atoms with Crippen LogP contribution in [-0.2, 0) is 0 Å². The van der Waals surface area contributed by atoms with E-state index in [-0.39, 0.29) is 0 Å². The SMILES string of the molecule is c1ccc(-c2cccc(N(c3ccccc3)c3cccc(Nc4ccc5sc6ccccc6c5c4)c3)c2)cc1. The minimum atomic E-state index is 1.05. The maximum atomic E-state index is 3.66. The Morgan fingerprint density at radius 1 is 0.410 bits per heavy atom. The van der Waals surface area contributed by atoms with Crippen LogP contribution in [-0.4, -0.2) is 0 Å². The van der Waals surface area contributed by atoms with Gasteiger partial charge in [-0.15, -0.1) is 11.3 Å². The summed E-state index contributed by atoms with van der Waals surface area (Å²) < 4.78 is 2.63. The summed E-state index contributed by atoms with van der Waals surface area (Å²) >= 11 is 1.84. The summed E-state index contributed by atoms with van der Waals surface area (Å²) in [6, 6.07) is 53.8. The summed E-state index contributed by atoms with van der Waals surface area (Å²) in [5.41, 5.74) is 7.86. The number of thiophene rings is 1. The van der Waals surface area contributed by atoms with Crippen molar-refractivity contribution in [3.05, 3.63) is 152 Å². The lowest BCUT2D eigenvalue weighted by molar-refractivity contribution is 1.28. The molecule has 7 rings (SSSR count). The second-order valence-corrected chi connectivity index (χ2v) is 10.7. The number of fused-ring (bicyclic) bond motifs is 3. The molecule has 0 unspecified atom stereocenters. The van der Waals surface area contributed by atoms with Gasteiger partial charge in [-0.3, -0.25) is 0 Å². The predicted molar refractivity (Wildman–Crippen MR) is 169 cm³/mol. The molecule has 39 heavy (non-hydrogen) atoms. The Morgan fingerprint density at radius 2 is 1.03 bits per heavy atom. The molecule has 186 valence electrons. The van der Waals surface area contributed by atoms with Crippen molar-refractivity contribution in [3.8, 4) is 11.1 Å². The van der Waals surface area contributed by atoms with Gasteiger partial charge in [-0.1, -0.05) is 84.9 Å². The van der Waals surface area contributed by atoms with Crippen molar-refractivity contribution in [1.29, 1.82) is 0 Å². The quantitative estimate of drug-likeness (QED) is 0.235. The fourth-order valence-corrected chi connectivity index (χ4v) is 6.26. The van der Waals surface area contributed by atoms with Crippen LogP contribution in [0.15, 0.2) is 152 Å². The minimum Gasteiger partial charge on any atom is -0.355 e. The maximum Gasteiger partial charge on any atom is 0.0482 e. The van der Waals surface area contributed by atoms with E-state index >= 15 is 0 Å². The van der Waals surface area contributed by atoms with Gasteiger partial charge in [0, 0.05) is 48.6 Å². The van der Waals surface area contributed by atoms with E-state index in [0.29, 0.717) is 0 Å². The zero-order chi connectivity index (χ0) is 26.0. The van der Waals surface area contributed by atoms with Crippen molar-refractivity contribution in [1.82, 2.24) is 0 Å². The molecule has 0 bridgehead atoms. The topological polar surface area (TPSA) is 15.3 Å². The number of nitrogens with zero attached hydrogens (tertiary/aromatic N) is 1. The first-order chi connectivity index (χ1) is 19.3. The van der Waals surface area contributed by atoms with E-state index in [4.69, 9.17) is 0 Å². The van der Waals surface area contributed by atoms with Crippen molar-refractivity contribution in [2.24, 2.45) is 0 Å². The molecule has 0 saturated carbocycles. The first kappa shape index (κ1) is 23.3. The van der Waals surface area contributed by atoms with Gasteiger partial charge in [0.2, 0.25) is 0 Å². The number of rotatable bonds is 6. The highest BCUT2D eigenvalue weighted by atomic mass is 32.1. The van der Waals surface area contributed by atoms with Gasteiger partial charge in [-0.2, -0.15) is 0 Å². The van der Waals surface area contributed by atoms with Crippen LogP contribution in [0.3, 0.4) is 0 Å². The Hall–Kier alpha value is -4.86. The zero-order valence-corrected chi connectivity index (χ0v) is 22.1. The smallest absolute Gasteiger partial charge is 0.0482 e. The number of benzene rings is 6. The Bertz CT molecular complexity index is 1890. The summed E-state index contributed by atoms with van der Waals surface area (Å²) in [5, 5.41) is 6.26. The molecule has 0 saturated heterocycles. The first-order valence-corrected chi connectivity index (χ1v) is 13.9. The maximum absolute atomic E-state index is 3.66. The van der Waals surface area contributed by atoms with Gasteiger partial charge in [0.15, 0.2) is 0 Å². The van der Waals surface area contributed by atoms with E-state index < -0.39 is 0 Å². The van der Waals surface area contributed by atoms with E-state index in [1.54, 1.807) is 0 Å². The summed E-state index contributed by atoms with van der Waals surface area (Å²) in [7, 11) is 0. The molecule has 1 heterocycles. The third-order valence-corrected chi connectivity index (χ3v) is 8.15. The number of nitrogens with one attached hydrogen (secondary N) is 1. The van der Waals surface area contributed by atoms with Gasteiger partial charge in [0.1, 0.15) is 0 Å². The third-order valence-electron chi connectivity index (χ3n) is 7.00. The predicted octanol–water partition coefficient (Wildman–Crippen LogP) is 10.9. The lowest BCUT2D eigenvalue weighted by Gasteiger charge is -2.26. The van der Waals surface area contributed by atoms with Crippen LogP contribution in [0.4, 0.5) is 28.4 Å². The molecule has 3 heteroatoms. The molecule has 0 amide bonds. The van der Waals surface area contributed by atoms with Crippen molar-refractivity contribution in [3.63, 3.8) is 0 Å². The highest BCUT2D eigenvalue weighted by Crippen LogP contribution is 2.39. The number of hydrogen-bond acceptors (Lipinski definition) is 3. The van der Waals surface area contributed by atoms with Crippen molar-refractivity contribution in [2.45, 2.75) is 0 Å². The van der Waals surface area contributed by atoms with E-state index in [1.165, 1.54) is 31.3 Å². The molecule has 1 N–H and O–H groups in total. The van der Waals surface area contributed by atoms with Crippen LogP contribution >= 0.6 is 11.3 Å². The molecule has 0 fully saturated rings. The fraction of sp³-hybridized carbons (Fsp3) is 0. The molecule has 1 aromatic heterocycles. The van der Waals surface area contributed by atoms with Gasteiger partial charge in [-0.05, 0) is 77.9 Å². The largest absolute Gasteiger partial charge is 0.355 e. The fourth-order valence-electron chi connectivity index (χ4n) is 5.17. The third kappa shape index (κ3) is 4.65. The Morgan fingerprint density at radius 3 is 1.87 bits per heavy atom. The van der Waals surface area contributed by atoms with Gasteiger partial charge >= 0.3 is 0 Å². The molecule has 0 aliphatic rings. The van der Waals surface area contributed by atoms with Gasteiger partial charge in [0.25, 0.3) is 0 Å². The Balaban J connectivity index is 1.27. The number of para-hydroxylation sites is 1. The molecular formula is C36H26N2S. The molecular weight excluding hydrogens is 492 g/mol. The standard InChI is InChI=1S/C36H26N2S/c1-3-11-26(12-4-1)27-13-9-17-31(23-27)38(30-15-5-2-6-16-30)32-18-10-14-28(24-32)37-29-21-22-36-34(25-29)33-19-7-8-20-35(33)39-36/h1-25,37H. The first-order valence-electron chi connectivity index (χ1n) is 13.1. The molecule has 6 aromatic carbocycles. The molecule has 7 aromatic rings. The monoisotopic (exact) mass is 518 g/mol. The van der Waals surface area contributed by atoms with Crippen molar-refractivity contribution >= 4 is 59.9 Å². The Kier molecular flexibility index (Phi) is 6.04. The summed E-state index contributed by atoms with van der Waals surface area (Å²) in [4.78, 5) is 2.31. The number of anilines is 5. The van der Waals surface area contributed by atoms with Crippen LogP contribution in [0.5, 0.6) is 0 Å². The molecule has 0 radical (unpaired) electrons.